The quantitative estimate of drug-likeness (QED) is 0.516. The molecular weight excluding hydrogens is 419 g/mol. The van der Waals surface area contributed by atoms with Crippen LogP contribution in [-0.4, -0.2) is 50.9 Å². The molecule has 1 aliphatic heterocycles. The van der Waals surface area contributed by atoms with Crippen molar-refractivity contribution in [2.24, 2.45) is 5.92 Å². The standard InChI is InChI=1S/C14H14ClF5N4O2S/c1-26-6-10-22-24-8(11(14(18,19)20)21-12(24)27-10)4-23-3-7(9(25)5-23)2-13(15,16)17/h7H,2-6H2,1H3/t7-/m1/s1/i6D2. The highest BCUT2D eigenvalue weighted by atomic mass is 35.5. The number of fused-ring (bicyclic) bond motifs is 1. The lowest BCUT2D eigenvalue weighted by Crippen LogP contribution is -2.24. The summed E-state index contributed by atoms with van der Waals surface area (Å²) < 4.78 is 87.1. The molecule has 0 unspecified atom stereocenters. The van der Waals surface area contributed by atoms with E-state index in [0.29, 0.717) is 11.3 Å². The van der Waals surface area contributed by atoms with E-state index in [0.717, 1.165) is 11.6 Å². The van der Waals surface area contributed by atoms with Crippen LogP contribution in [0.1, 0.15) is 25.6 Å². The van der Waals surface area contributed by atoms with Gasteiger partial charge in [0.1, 0.15) is 5.01 Å². The van der Waals surface area contributed by atoms with Crippen molar-refractivity contribution in [2.75, 3.05) is 20.2 Å². The molecule has 0 N–H and O–H groups in total. The zero-order chi connectivity index (χ0) is 21.8. The van der Waals surface area contributed by atoms with Gasteiger partial charge in [0.05, 0.1) is 21.5 Å². The topological polar surface area (TPSA) is 59.7 Å². The highest BCUT2D eigenvalue weighted by Crippen LogP contribution is 2.35. The van der Waals surface area contributed by atoms with Crippen LogP contribution in [0.4, 0.5) is 22.0 Å². The number of carbonyl (C=O) groups is 1. The highest BCUT2D eigenvalue weighted by molar-refractivity contribution is 7.16. The Morgan fingerprint density at radius 2 is 2.11 bits per heavy atom. The number of hydrogen-bond acceptors (Lipinski definition) is 6. The van der Waals surface area contributed by atoms with Gasteiger partial charge in [-0.05, 0) is 11.6 Å². The van der Waals surface area contributed by atoms with Crippen molar-refractivity contribution in [1.82, 2.24) is 19.5 Å². The molecule has 3 heterocycles. The van der Waals surface area contributed by atoms with Crippen LogP contribution in [0, 0.1) is 5.92 Å². The molecule has 0 radical (unpaired) electrons. The van der Waals surface area contributed by atoms with E-state index in [9.17, 15) is 26.7 Å². The molecule has 3 rings (SSSR count). The molecule has 150 valence electrons. The molecule has 1 atom stereocenters. The summed E-state index contributed by atoms with van der Waals surface area (Å²) in [6, 6.07) is 0. The van der Waals surface area contributed by atoms with Gasteiger partial charge in [0, 0.05) is 32.5 Å². The molecule has 2 aromatic rings. The van der Waals surface area contributed by atoms with Gasteiger partial charge in [-0.2, -0.15) is 27.1 Å². The van der Waals surface area contributed by atoms with Crippen LogP contribution in [0.15, 0.2) is 0 Å². The molecule has 6 nitrogen and oxygen atoms in total. The van der Waals surface area contributed by atoms with Gasteiger partial charge in [-0.3, -0.25) is 9.69 Å². The Morgan fingerprint density at radius 3 is 2.70 bits per heavy atom. The minimum Gasteiger partial charge on any atom is -0.377 e. The van der Waals surface area contributed by atoms with Crippen molar-refractivity contribution in [3.05, 3.63) is 16.4 Å². The molecule has 27 heavy (non-hydrogen) atoms. The second-order valence-electron chi connectivity index (χ2n) is 5.96. The Bertz CT molecular complexity index is 930. The van der Waals surface area contributed by atoms with E-state index in [-0.39, 0.29) is 23.1 Å². The first kappa shape index (κ1) is 17.7. The normalized spacial score (nSPS) is 21.1. The number of methoxy groups -OCH3 is 1. The van der Waals surface area contributed by atoms with Gasteiger partial charge in [-0.15, -0.1) is 0 Å². The number of ether oxygens (including phenoxy) is 1. The Hall–Kier alpha value is -1.37. The van der Waals surface area contributed by atoms with Crippen molar-refractivity contribution in [1.29, 1.82) is 0 Å². The van der Waals surface area contributed by atoms with Gasteiger partial charge < -0.3 is 4.74 Å². The number of imidazole rings is 1. The van der Waals surface area contributed by atoms with E-state index in [2.05, 4.69) is 14.8 Å². The van der Waals surface area contributed by atoms with Crippen LogP contribution in [0.2, 0.25) is 0 Å². The Labute approximate surface area is 161 Å². The number of halogens is 6. The number of ketones is 1. The summed E-state index contributed by atoms with van der Waals surface area (Å²) in [5.41, 5.74) is -1.66. The zero-order valence-corrected chi connectivity index (χ0v) is 15.3. The SMILES string of the molecule is [2H]C([2H])(OC)c1nn2c(CN3CC(=O)[C@H](CC(F)(F)Cl)C3)c(C(F)(F)F)nc2s1. The van der Waals surface area contributed by atoms with E-state index in [1.165, 1.54) is 4.90 Å². The molecule has 2 aromatic heterocycles. The fourth-order valence-corrected chi connectivity index (χ4v) is 3.89. The Balaban J connectivity index is 1.94. The molecule has 0 amide bonds. The number of rotatable bonds is 6. The van der Waals surface area contributed by atoms with Crippen LogP contribution in [0.3, 0.4) is 0 Å². The highest BCUT2D eigenvalue weighted by Gasteiger charge is 2.42. The van der Waals surface area contributed by atoms with Gasteiger partial charge in [-0.1, -0.05) is 11.3 Å². The van der Waals surface area contributed by atoms with Crippen molar-refractivity contribution in [3.8, 4) is 0 Å². The summed E-state index contributed by atoms with van der Waals surface area (Å²) in [5, 5.41) is 0.0174. The third-order valence-corrected chi connectivity index (χ3v) is 4.88. The average Bonchev–Trinajstić information content (AvgIpc) is 3.21. The number of likely N-dealkylation sites (tertiary alicyclic amines) is 1. The largest absolute Gasteiger partial charge is 0.435 e. The van der Waals surface area contributed by atoms with Crippen molar-refractivity contribution in [2.45, 2.75) is 31.1 Å². The van der Waals surface area contributed by atoms with E-state index in [1.807, 2.05) is 0 Å². The summed E-state index contributed by atoms with van der Waals surface area (Å²) in [6.45, 7) is -3.29. The molecule has 1 fully saturated rings. The number of carbonyl (C=O) groups excluding carboxylic acids is 1. The monoisotopic (exact) mass is 434 g/mol. The van der Waals surface area contributed by atoms with Crippen molar-refractivity contribution in [3.63, 3.8) is 0 Å². The maximum absolute atomic E-state index is 13.4. The third kappa shape index (κ3) is 4.55. The fraction of sp³-hybridized carbons (Fsp3) is 0.643. The predicted octanol–water partition coefficient (Wildman–Crippen LogP) is 3.18. The minimum absolute atomic E-state index is 0.193. The number of nitrogens with zero attached hydrogens (tertiary/aromatic N) is 4. The molecule has 13 heteroatoms. The molecule has 0 aliphatic carbocycles. The molecule has 0 bridgehead atoms. The molecule has 1 aliphatic rings. The lowest BCUT2D eigenvalue weighted by molar-refractivity contribution is -0.141. The third-order valence-electron chi connectivity index (χ3n) is 3.92. The van der Waals surface area contributed by atoms with E-state index < -0.39 is 54.2 Å². The van der Waals surface area contributed by atoms with Crippen molar-refractivity contribution < 1.29 is 34.2 Å². The first-order valence-corrected chi connectivity index (χ1v) is 8.74. The van der Waals surface area contributed by atoms with E-state index in [1.54, 1.807) is 0 Å². The van der Waals surface area contributed by atoms with Crippen LogP contribution < -0.4 is 0 Å². The van der Waals surface area contributed by atoms with Crippen LogP contribution >= 0.6 is 22.9 Å². The average molecular weight is 435 g/mol. The summed E-state index contributed by atoms with van der Waals surface area (Å²) in [5.74, 6) is -1.65. The van der Waals surface area contributed by atoms with Gasteiger partial charge >= 0.3 is 11.6 Å². The van der Waals surface area contributed by atoms with Crippen LogP contribution in [0.5, 0.6) is 0 Å². The first-order chi connectivity index (χ1) is 13.2. The van der Waals surface area contributed by atoms with Gasteiger partial charge in [0.15, 0.2) is 11.5 Å². The van der Waals surface area contributed by atoms with E-state index >= 15 is 0 Å². The molecule has 0 saturated carbocycles. The molecular formula is C14H14ClF5N4O2S. The summed E-state index contributed by atoms with van der Waals surface area (Å²) >= 11 is 5.45. The molecule has 0 spiro atoms. The second-order valence-corrected chi connectivity index (χ2v) is 7.47. The maximum atomic E-state index is 13.4. The zero-order valence-electron chi connectivity index (χ0n) is 15.7. The van der Waals surface area contributed by atoms with Gasteiger partial charge in [-0.25, -0.2) is 9.50 Å². The summed E-state index contributed by atoms with van der Waals surface area (Å²) in [6.07, 6.45) is -5.73. The summed E-state index contributed by atoms with van der Waals surface area (Å²) in [7, 11) is 1.08. The number of aromatic nitrogens is 3. The first-order valence-electron chi connectivity index (χ1n) is 8.54. The van der Waals surface area contributed by atoms with Crippen LogP contribution in [0.25, 0.3) is 4.96 Å². The number of Topliss-reactive ketones (excluding diaryl/α,β-unsaturated/α-hetero) is 1. The van der Waals surface area contributed by atoms with Gasteiger partial charge in [0.2, 0.25) is 4.96 Å². The minimum atomic E-state index is -4.82. The van der Waals surface area contributed by atoms with Gasteiger partial charge in [0.25, 0.3) is 0 Å². The Morgan fingerprint density at radius 1 is 1.41 bits per heavy atom. The lowest BCUT2D eigenvalue weighted by atomic mass is 10.0. The molecule has 1 saturated heterocycles. The Kier molecular flexibility index (Phi) is 4.74. The fourth-order valence-electron chi connectivity index (χ4n) is 2.91. The smallest absolute Gasteiger partial charge is 0.377 e. The molecule has 0 aromatic carbocycles. The second kappa shape index (κ2) is 7.22. The van der Waals surface area contributed by atoms with E-state index in [4.69, 9.17) is 14.3 Å². The predicted molar refractivity (Wildman–Crippen MR) is 85.8 cm³/mol. The van der Waals surface area contributed by atoms with Crippen LogP contribution in [-0.2, 0) is 28.8 Å². The van der Waals surface area contributed by atoms with Crippen molar-refractivity contribution >= 4 is 33.7 Å². The lowest BCUT2D eigenvalue weighted by Gasteiger charge is -2.16. The number of hydrogen-bond donors (Lipinski definition) is 0. The summed E-state index contributed by atoms with van der Waals surface area (Å²) in [4.78, 5) is 16.5. The maximum Gasteiger partial charge on any atom is 0.435 e. The number of alkyl halides is 6.